The molecule has 0 bridgehead atoms. The second kappa shape index (κ2) is 4.18. The summed E-state index contributed by atoms with van der Waals surface area (Å²) in [6, 6.07) is 2.48. The molecule has 0 unspecified atom stereocenters. The maximum absolute atomic E-state index is 13.1. The zero-order valence-electron chi connectivity index (χ0n) is 8.84. The lowest BCUT2D eigenvalue weighted by Gasteiger charge is -2.40. The largest absolute Gasteiger partial charge is 0.416 e. The zero-order valence-corrected chi connectivity index (χ0v) is 8.84. The lowest BCUT2D eigenvalue weighted by Crippen LogP contribution is -2.48. The van der Waals surface area contributed by atoms with Crippen LogP contribution in [0.25, 0.3) is 0 Å². The molecule has 0 amide bonds. The van der Waals surface area contributed by atoms with E-state index in [4.69, 9.17) is 5.11 Å². The van der Waals surface area contributed by atoms with E-state index < -0.39 is 17.6 Å². The predicted octanol–water partition coefficient (Wildman–Crippen LogP) is 2.27. The van der Waals surface area contributed by atoms with Crippen LogP contribution >= 0.6 is 0 Å². The molecule has 0 atom stereocenters. The Bertz CT molecular complexity index is 412. The molecule has 0 saturated carbocycles. The molecule has 0 spiro atoms. The topological polar surface area (TPSA) is 23.5 Å². The van der Waals surface area contributed by atoms with Gasteiger partial charge in [0, 0.05) is 31.3 Å². The third-order valence-corrected chi connectivity index (χ3v) is 2.79. The molecule has 1 N–H and O–H groups in total. The zero-order chi connectivity index (χ0) is 12.6. The lowest BCUT2D eigenvalue weighted by molar-refractivity contribution is -0.137. The fourth-order valence-electron chi connectivity index (χ4n) is 1.82. The number of benzene rings is 1. The van der Waals surface area contributed by atoms with Gasteiger partial charge in [-0.15, -0.1) is 0 Å². The molecular formula is C11H11F4NO. The monoisotopic (exact) mass is 249 g/mol. The molecule has 1 fully saturated rings. The molecule has 1 saturated heterocycles. The Morgan fingerprint density at radius 1 is 1.24 bits per heavy atom. The lowest BCUT2D eigenvalue weighted by atomic mass is 10.00. The Balaban J connectivity index is 2.22. The van der Waals surface area contributed by atoms with Gasteiger partial charge in [-0.2, -0.15) is 13.2 Å². The van der Waals surface area contributed by atoms with Crippen LogP contribution in [0.15, 0.2) is 18.2 Å². The minimum atomic E-state index is -4.54. The van der Waals surface area contributed by atoms with Crippen molar-refractivity contribution in [2.24, 2.45) is 5.92 Å². The van der Waals surface area contributed by atoms with Gasteiger partial charge in [0.1, 0.15) is 5.82 Å². The summed E-state index contributed by atoms with van der Waals surface area (Å²) in [7, 11) is 0. The van der Waals surface area contributed by atoms with Crippen LogP contribution in [0, 0.1) is 11.7 Å². The van der Waals surface area contributed by atoms with Crippen molar-refractivity contribution in [3.8, 4) is 0 Å². The van der Waals surface area contributed by atoms with Crippen LogP contribution in [0.1, 0.15) is 5.56 Å². The molecule has 0 aromatic heterocycles. The maximum Gasteiger partial charge on any atom is 0.416 e. The van der Waals surface area contributed by atoms with Crippen LogP contribution in [0.2, 0.25) is 0 Å². The van der Waals surface area contributed by atoms with E-state index in [1.165, 1.54) is 0 Å². The van der Waals surface area contributed by atoms with E-state index in [2.05, 4.69) is 0 Å². The van der Waals surface area contributed by atoms with E-state index >= 15 is 0 Å². The van der Waals surface area contributed by atoms with Crippen molar-refractivity contribution in [2.45, 2.75) is 6.18 Å². The summed E-state index contributed by atoms with van der Waals surface area (Å²) in [6.07, 6.45) is -4.54. The normalized spacial score (nSPS) is 17.1. The number of hydrogen-bond acceptors (Lipinski definition) is 2. The van der Waals surface area contributed by atoms with Gasteiger partial charge in [0.25, 0.3) is 0 Å². The van der Waals surface area contributed by atoms with Crippen molar-refractivity contribution in [2.75, 3.05) is 24.6 Å². The van der Waals surface area contributed by atoms with Crippen molar-refractivity contribution < 1.29 is 22.7 Å². The van der Waals surface area contributed by atoms with Gasteiger partial charge in [-0.05, 0) is 18.2 Å². The highest BCUT2D eigenvalue weighted by Gasteiger charge is 2.33. The molecule has 0 radical (unpaired) electrons. The van der Waals surface area contributed by atoms with Crippen molar-refractivity contribution in [3.63, 3.8) is 0 Å². The number of aliphatic hydroxyl groups excluding tert-OH is 1. The third kappa shape index (κ3) is 2.52. The van der Waals surface area contributed by atoms with Gasteiger partial charge < -0.3 is 10.0 Å². The van der Waals surface area contributed by atoms with Crippen LogP contribution < -0.4 is 4.90 Å². The second-order valence-electron chi connectivity index (χ2n) is 4.15. The van der Waals surface area contributed by atoms with Crippen LogP contribution in [0.4, 0.5) is 23.2 Å². The Morgan fingerprint density at radius 3 is 2.41 bits per heavy atom. The summed E-state index contributed by atoms with van der Waals surface area (Å²) in [5, 5.41) is 8.81. The molecule has 6 heteroatoms. The number of hydrogen-bond donors (Lipinski definition) is 1. The first kappa shape index (κ1) is 12.2. The summed E-state index contributed by atoms with van der Waals surface area (Å²) in [5.74, 6) is -0.838. The molecule has 94 valence electrons. The van der Waals surface area contributed by atoms with Gasteiger partial charge >= 0.3 is 6.18 Å². The van der Waals surface area contributed by atoms with Gasteiger partial charge in [-0.25, -0.2) is 4.39 Å². The van der Waals surface area contributed by atoms with Gasteiger partial charge in [0.05, 0.1) is 5.56 Å². The van der Waals surface area contributed by atoms with Crippen molar-refractivity contribution in [3.05, 3.63) is 29.6 Å². The van der Waals surface area contributed by atoms with Gasteiger partial charge in [0.15, 0.2) is 0 Å². The quantitative estimate of drug-likeness (QED) is 0.813. The smallest absolute Gasteiger partial charge is 0.396 e. The molecule has 1 aliphatic rings. The average molecular weight is 249 g/mol. The first-order valence-electron chi connectivity index (χ1n) is 5.14. The third-order valence-electron chi connectivity index (χ3n) is 2.79. The fourth-order valence-corrected chi connectivity index (χ4v) is 1.82. The number of rotatable bonds is 2. The second-order valence-corrected chi connectivity index (χ2v) is 4.15. The van der Waals surface area contributed by atoms with Crippen LogP contribution in [0.3, 0.4) is 0 Å². The summed E-state index contributed by atoms with van der Waals surface area (Å²) in [5.41, 5.74) is -0.776. The predicted molar refractivity (Wildman–Crippen MR) is 54.2 cm³/mol. The summed E-state index contributed by atoms with van der Waals surface area (Å²) >= 11 is 0. The van der Waals surface area contributed by atoms with E-state index in [0.29, 0.717) is 19.2 Å². The molecule has 17 heavy (non-hydrogen) atoms. The first-order valence-corrected chi connectivity index (χ1v) is 5.14. The summed E-state index contributed by atoms with van der Waals surface area (Å²) < 4.78 is 50.4. The highest BCUT2D eigenvalue weighted by molar-refractivity contribution is 5.51. The standard InChI is InChI=1S/C11H11F4NO/c12-9-1-8(11(13,14)15)2-10(3-9)16-4-7(5-16)6-17/h1-3,7,17H,4-6H2. The Labute approximate surface area is 95.5 Å². The Kier molecular flexibility index (Phi) is 2.99. The minimum Gasteiger partial charge on any atom is -0.396 e. The minimum absolute atomic E-state index is 0.00204. The highest BCUT2D eigenvalue weighted by Crippen LogP contribution is 2.34. The fraction of sp³-hybridized carbons (Fsp3) is 0.455. The number of anilines is 1. The Morgan fingerprint density at radius 2 is 1.88 bits per heavy atom. The van der Waals surface area contributed by atoms with E-state index in [0.717, 1.165) is 12.1 Å². The van der Waals surface area contributed by atoms with Gasteiger partial charge in [-0.1, -0.05) is 0 Å². The number of aliphatic hydroxyl groups is 1. The van der Waals surface area contributed by atoms with Gasteiger partial charge in [0.2, 0.25) is 0 Å². The Hall–Kier alpha value is -1.30. The maximum atomic E-state index is 13.1. The molecular weight excluding hydrogens is 238 g/mol. The molecule has 1 aliphatic heterocycles. The number of nitrogens with zero attached hydrogens (tertiary/aromatic N) is 1. The van der Waals surface area contributed by atoms with E-state index in [9.17, 15) is 17.6 Å². The number of alkyl halides is 3. The van der Waals surface area contributed by atoms with Crippen molar-refractivity contribution >= 4 is 5.69 Å². The molecule has 0 aliphatic carbocycles. The van der Waals surface area contributed by atoms with Gasteiger partial charge in [-0.3, -0.25) is 0 Å². The molecule has 2 rings (SSSR count). The molecule has 1 aromatic carbocycles. The SMILES string of the molecule is OCC1CN(c2cc(F)cc(C(F)(F)F)c2)C1. The summed E-state index contributed by atoms with van der Waals surface area (Å²) in [6.45, 7) is 0.909. The van der Waals surface area contributed by atoms with E-state index in [1.807, 2.05) is 0 Å². The molecule has 1 heterocycles. The van der Waals surface area contributed by atoms with Crippen molar-refractivity contribution in [1.82, 2.24) is 0 Å². The van der Waals surface area contributed by atoms with Crippen LogP contribution in [-0.4, -0.2) is 24.8 Å². The van der Waals surface area contributed by atoms with E-state index in [1.54, 1.807) is 4.90 Å². The van der Waals surface area contributed by atoms with Crippen LogP contribution in [-0.2, 0) is 6.18 Å². The van der Waals surface area contributed by atoms with Crippen LogP contribution in [0.5, 0.6) is 0 Å². The van der Waals surface area contributed by atoms with Crippen molar-refractivity contribution in [1.29, 1.82) is 0 Å². The summed E-state index contributed by atoms with van der Waals surface area (Å²) in [4.78, 5) is 1.61. The molecule has 2 nitrogen and oxygen atoms in total. The molecule has 1 aromatic rings. The first-order chi connectivity index (χ1) is 7.90. The average Bonchev–Trinajstić information content (AvgIpc) is 2.13. The van der Waals surface area contributed by atoms with E-state index in [-0.39, 0.29) is 18.2 Å². The highest BCUT2D eigenvalue weighted by atomic mass is 19.4. The number of halogens is 4.